The molecule has 0 radical (unpaired) electrons. The summed E-state index contributed by atoms with van der Waals surface area (Å²) in [6.45, 7) is 6.29. The molecule has 1 nitrogen and oxygen atoms in total. The van der Waals surface area contributed by atoms with Crippen LogP contribution in [0.5, 0.6) is 0 Å². The van der Waals surface area contributed by atoms with E-state index in [0.29, 0.717) is 0 Å². The molecule has 0 aliphatic heterocycles. The molecule has 0 bridgehead atoms. The van der Waals surface area contributed by atoms with Gasteiger partial charge in [-0.1, -0.05) is 80.3 Å². The van der Waals surface area contributed by atoms with Gasteiger partial charge >= 0.3 is 0 Å². The van der Waals surface area contributed by atoms with E-state index in [0.717, 1.165) is 27.8 Å². The Bertz CT molecular complexity index is 740. The van der Waals surface area contributed by atoms with Crippen LogP contribution in [0.3, 0.4) is 0 Å². The van der Waals surface area contributed by atoms with Gasteiger partial charge in [-0.15, -0.1) is 0 Å². The van der Waals surface area contributed by atoms with Crippen LogP contribution >= 0.6 is 0 Å². The molecule has 3 rings (SSSR count). The van der Waals surface area contributed by atoms with E-state index in [1.165, 1.54) is 0 Å². The second-order valence-electron chi connectivity index (χ2n) is 6.68. The molecule has 110 valence electrons. The number of fused-ring (bicyclic) bond motifs is 2. The summed E-state index contributed by atoms with van der Waals surface area (Å²) in [6, 6.07) is 16.6. The lowest BCUT2D eigenvalue weighted by Gasteiger charge is -2.15. The Balaban J connectivity index is 2.26. The van der Waals surface area contributed by atoms with Crippen LogP contribution in [0.2, 0.25) is 19.6 Å². The molecule has 0 saturated carbocycles. The minimum atomic E-state index is -1.84. The Labute approximate surface area is 133 Å². The Morgan fingerprint density at radius 2 is 1.27 bits per heavy atom. The highest BCUT2D eigenvalue weighted by molar-refractivity contribution is 7.05. The third-order valence-corrected chi connectivity index (χ3v) is 5.58. The van der Waals surface area contributed by atoms with Crippen molar-refractivity contribution in [2.75, 3.05) is 0 Å². The second-order valence-corrected chi connectivity index (χ2v) is 11.7. The van der Waals surface area contributed by atoms with E-state index in [1.807, 2.05) is 30.3 Å². The summed E-state index contributed by atoms with van der Waals surface area (Å²) in [5.41, 5.74) is 5.64. The van der Waals surface area contributed by atoms with Crippen LogP contribution in [-0.2, 0) is 4.79 Å². The van der Waals surface area contributed by atoms with Crippen molar-refractivity contribution in [3.63, 3.8) is 0 Å². The van der Waals surface area contributed by atoms with Gasteiger partial charge in [-0.05, 0) is 33.9 Å². The molecule has 0 fully saturated rings. The van der Waals surface area contributed by atoms with Crippen molar-refractivity contribution in [3.05, 3.63) is 76.9 Å². The van der Waals surface area contributed by atoms with Crippen LogP contribution in [0.25, 0.3) is 17.7 Å². The van der Waals surface area contributed by atoms with Gasteiger partial charge in [0, 0.05) is 0 Å². The van der Waals surface area contributed by atoms with E-state index in [2.05, 4.69) is 56.1 Å². The van der Waals surface area contributed by atoms with E-state index in [1.54, 1.807) is 0 Å². The largest absolute Gasteiger partial charge is 0.301 e. The molecule has 2 heteroatoms. The molecule has 1 aliphatic carbocycles. The topological polar surface area (TPSA) is 17.1 Å². The number of hydrogen-bond acceptors (Lipinski definition) is 1. The fraction of sp³-hybridized carbons (Fsp3) is 0.150. The van der Waals surface area contributed by atoms with Crippen LogP contribution < -0.4 is 0 Å². The predicted octanol–water partition coefficient (Wildman–Crippen LogP) is 5.05. The van der Waals surface area contributed by atoms with Gasteiger partial charge in [-0.3, -0.25) is 0 Å². The highest BCUT2D eigenvalue weighted by Crippen LogP contribution is 2.33. The van der Waals surface area contributed by atoms with Crippen LogP contribution in [0.15, 0.2) is 54.6 Å². The fourth-order valence-electron chi connectivity index (χ4n) is 2.60. The van der Waals surface area contributed by atoms with Crippen molar-refractivity contribution in [2.45, 2.75) is 19.6 Å². The maximum atomic E-state index is 12.6. The number of hydrogen-bond donors (Lipinski definition) is 0. The molecule has 0 atom stereocenters. The molecule has 0 unspecified atom stereocenters. The molecular weight excluding hydrogens is 284 g/mol. The summed E-state index contributed by atoms with van der Waals surface area (Å²) in [6.07, 6.45) is 6.14. The van der Waals surface area contributed by atoms with Crippen molar-refractivity contribution < 1.29 is 4.79 Å². The summed E-state index contributed by atoms with van der Waals surface area (Å²) in [7, 11) is -1.84. The molecule has 0 amide bonds. The zero-order chi connectivity index (χ0) is 15.7. The Hall–Kier alpha value is -2.19. The molecule has 2 aromatic carbocycles. The fourth-order valence-corrected chi connectivity index (χ4v) is 3.18. The molecule has 0 saturated heterocycles. The van der Waals surface area contributed by atoms with Gasteiger partial charge < -0.3 is 4.79 Å². The normalized spacial score (nSPS) is 13.1. The minimum absolute atomic E-state index is 0.286. The lowest BCUT2D eigenvalue weighted by atomic mass is 9.93. The predicted molar refractivity (Wildman–Crippen MR) is 97.2 cm³/mol. The first-order chi connectivity index (χ1) is 10.5. The number of carbonyl (C=O) groups excluding carboxylic acids is 1. The van der Waals surface area contributed by atoms with Crippen LogP contribution in [0.4, 0.5) is 0 Å². The van der Waals surface area contributed by atoms with Crippen molar-refractivity contribution >= 4 is 31.2 Å². The molecule has 2 aromatic rings. The van der Waals surface area contributed by atoms with E-state index in [9.17, 15) is 4.79 Å². The van der Waals surface area contributed by atoms with Gasteiger partial charge in [-0.25, -0.2) is 0 Å². The zero-order valence-corrected chi connectivity index (χ0v) is 14.3. The summed E-state index contributed by atoms with van der Waals surface area (Å²) in [5.74, 6) is 0. The third-order valence-electron chi connectivity index (χ3n) is 3.96. The first-order valence-electron chi connectivity index (χ1n) is 7.60. The van der Waals surface area contributed by atoms with Gasteiger partial charge in [-0.2, -0.15) is 0 Å². The number of carbonyl (C=O) groups is 1. The Kier molecular flexibility index (Phi) is 3.71. The van der Waals surface area contributed by atoms with Gasteiger partial charge in [0.25, 0.3) is 0 Å². The minimum Gasteiger partial charge on any atom is -0.301 e. The maximum Gasteiger partial charge on any atom is 0.133 e. The summed E-state index contributed by atoms with van der Waals surface area (Å²) in [5, 5.41) is 0.286. The molecule has 0 N–H and O–H groups in total. The van der Waals surface area contributed by atoms with Crippen LogP contribution in [0, 0.1) is 0 Å². The maximum absolute atomic E-state index is 12.6. The summed E-state index contributed by atoms with van der Waals surface area (Å²) >= 11 is 0. The van der Waals surface area contributed by atoms with Gasteiger partial charge in [0.2, 0.25) is 0 Å². The molecule has 0 heterocycles. The van der Waals surface area contributed by atoms with E-state index >= 15 is 0 Å². The van der Waals surface area contributed by atoms with Gasteiger partial charge in [0.05, 0.1) is 0 Å². The highest BCUT2D eigenvalue weighted by atomic mass is 28.3. The van der Waals surface area contributed by atoms with Crippen molar-refractivity contribution in [1.29, 1.82) is 0 Å². The Morgan fingerprint density at radius 1 is 0.818 bits per heavy atom. The van der Waals surface area contributed by atoms with Crippen molar-refractivity contribution in [2.24, 2.45) is 0 Å². The second kappa shape index (κ2) is 5.54. The van der Waals surface area contributed by atoms with Crippen LogP contribution in [0.1, 0.15) is 22.3 Å². The SMILES string of the molecule is C[Si](C)(C)C(=O)C=C1c2ccccc2C=Cc2ccccc21. The Morgan fingerprint density at radius 3 is 1.73 bits per heavy atom. The monoisotopic (exact) mass is 304 g/mol. The lowest BCUT2D eigenvalue weighted by molar-refractivity contribution is -0.108. The van der Waals surface area contributed by atoms with Gasteiger partial charge in [0.1, 0.15) is 13.5 Å². The van der Waals surface area contributed by atoms with Crippen molar-refractivity contribution in [3.8, 4) is 0 Å². The van der Waals surface area contributed by atoms with E-state index in [4.69, 9.17) is 0 Å². The highest BCUT2D eigenvalue weighted by Gasteiger charge is 2.24. The molecule has 0 spiro atoms. The molecule has 22 heavy (non-hydrogen) atoms. The zero-order valence-electron chi connectivity index (χ0n) is 13.3. The quantitative estimate of drug-likeness (QED) is 0.478. The van der Waals surface area contributed by atoms with E-state index in [-0.39, 0.29) is 5.41 Å². The molecule has 1 aliphatic rings. The summed E-state index contributed by atoms with van der Waals surface area (Å²) < 4.78 is 0. The standard InChI is InChI=1S/C20H20OSi/c1-22(2,3)20(21)14-19-17-10-6-4-8-15(17)12-13-16-9-5-7-11-18(16)19/h4-14H,1-3H3. The number of allylic oxidation sites excluding steroid dienone is 1. The van der Waals surface area contributed by atoms with Crippen LogP contribution in [-0.4, -0.2) is 13.5 Å². The lowest BCUT2D eigenvalue weighted by Crippen LogP contribution is -2.31. The van der Waals surface area contributed by atoms with Gasteiger partial charge in [0.15, 0.2) is 0 Å². The van der Waals surface area contributed by atoms with E-state index < -0.39 is 8.07 Å². The molecular formula is C20H20OSi. The average molecular weight is 304 g/mol. The summed E-state index contributed by atoms with van der Waals surface area (Å²) in [4.78, 5) is 12.6. The average Bonchev–Trinajstić information content (AvgIpc) is 2.65. The number of rotatable bonds is 2. The third kappa shape index (κ3) is 2.74. The first-order valence-corrected chi connectivity index (χ1v) is 11.1. The first kappa shape index (κ1) is 14.7. The number of benzene rings is 2. The molecule has 0 aromatic heterocycles. The smallest absolute Gasteiger partial charge is 0.133 e. The van der Waals surface area contributed by atoms with Crippen molar-refractivity contribution in [1.82, 2.24) is 0 Å².